The molecule has 1 aromatic carbocycles. The number of hydrogen-bond acceptors (Lipinski definition) is 3. The number of ether oxygens (including phenoxy) is 1. The molecule has 2 atom stereocenters. The third-order valence-electron chi connectivity index (χ3n) is 4.12. The third-order valence-corrected chi connectivity index (χ3v) is 4.89. The van der Waals surface area contributed by atoms with Crippen molar-refractivity contribution in [1.29, 1.82) is 0 Å². The van der Waals surface area contributed by atoms with Crippen molar-refractivity contribution in [3.63, 3.8) is 0 Å². The number of amides is 1. The third kappa shape index (κ3) is 5.04. The van der Waals surface area contributed by atoms with Crippen molar-refractivity contribution in [2.75, 3.05) is 19.7 Å². The molecule has 1 aliphatic heterocycles. The fraction of sp³-hybridized carbons (Fsp3) is 0.529. The van der Waals surface area contributed by atoms with Gasteiger partial charge in [0.1, 0.15) is 0 Å². The van der Waals surface area contributed by atoms with Crippen LogP contribution in [0.1, 0.15) is 25.3 Å². The van der Waals surface area contributed by atoms with E-state index in [1.807, 2.05) is 31.2 Å². The molecule has 23 heavy (non-hydrogen) atoms. The average Bonchev–Trinajstić information content (AvgIpc) is 2.53. The van der Waals surface area contributed by atoms with E-state index in [-0.39, 0.29) is 18.2 Å². The first-order valence-corrected chi connectivity index (χ1v) is 8.66. The fourth-order valence-corrected chi connectivity index (χ4v) is 3.28. The van der Waals surface area contributed by atoms with Gasteiger partial charge in [-0.15, -0.1) is 0 Å². The summed E-state index contributed by atoms with van der Waals surface area (Å²) < 4.78 is 6.45. The van der Waals surface area contributed by atoms with Crippen LogP contribution in [0.2, 0.25) is 0 Å². The van der Waals surface area contributed by atoms with Crippen LogP contribution in [0.4, 0.5) is 0 Å². The lowest BCUT2D eigenvalue weighted by molar-refractivity contribution is -0.149. The van der Waals surface area contributed by atoms with Crippen LogP contribution in [0, 0.1) is 5.92 Å². The molecule has 1 aliphatic rings. The van der Waals surface area contributed by atoms with Gasteiger partial charge in [0.2, 0.25) is 5.91 Å². The van der Waals surface area contributed by atoms with Gasteiger partial charge >= 0.3 is 5.97 Å². The zero-order valence-corrected chi connectivity index (χ0v) is 14.8. The molecular formula is C17H22BrNO4. The summed E-state index contributed by atoms with van der Waals surface area (Å²) in [7, 11) is 0. The second kappa shape index (κ2) is 8.45. The number of carbonyl (C=O) groups is 2. The number of carboxylic acids is 1. The summed E-state index contributed by atoms with van der Waals surface area (Å²) in [5, 5.41) is 8.88. The molecule has 1 saturated heterocycles. The normalized spacial score (nSPS) is 19.4. The molecular weight excluding hydrogens is 362 g/mol. The summed E-state index contributed by atoms with van der Waals surface area (Å²) in [5.74, 6) is -0.913. The van der Waals surface area contributed by atoms with Gasteiger partial charge in [-0.1, -0.05) is 41.1 Å². The van der Waals surface area contributed by atoms with Crippen LogP contribution in [0.15, 0.2) is 28.7 Å². The van der Waals surface area contributed by atoms with Crippen LogP contribution in [0.3, 0.4) is 0 Å². The lowest BCUT2D eigenvalue weighted by Crippen LogP contribution is -2.48. The highest BCUT2D eigenvalue weighted by Gasteiger charge is 2.29. The smallest absolute Gasteiger partial charge is 0.306 e. The lowest BCUT2D eigenvalue weighted by Gasteiger charge is -2.34. The molecule has 2 rings (SSSR count). The first kappa shape index (κ1) is 17.9. The van der Waals surface area contributed by atoms with Crippen molar-refractivity contribution in [3.8, 4) is 0 Å². The van der Waals surface area contributed by atoms with E-state index in [1.54, 1.807) is 4.90 Å². The Labute approximate surface area is 144 Å². The van der Waals surface area contributed by atoms with Crippen LogP contribution in [0.5, 0.6) is 0 Å². The minimum atomic E-state index is -0.899. The van der Waals surface area contributed by atoms with Crippen molar-refractivity contribution in [2.24, 2.45) is 5.92 Å². The van der Waals surface area contributed by atoms with Crippen molar-refractivity contribution in [1.82, 2.24) is 4.90 Å². The zero-order chi connectivity index (χ0) is 16.8. The summed E-state index contributed by atoms with van der Waals surface area (Å²) in [6.07, 6.45) is 0.954. The van der Waals surface area contributed by atoms with E-state index in [9.17, 15) is 9.59 Å². The van der Waals surface area contributed by atoms with E-state index in [0.29, 0.717) is 26.1 Å². The van der Waals surface area contributed by atoms with Crippen LogP contribution >= 0.6 is 15.9 Å². The quantitative estimate of drug-likeness (QED) is 0.819. The van der Waals surface area contributed by atoms with E-state index in [2.05, 4.69) is 15.9 Å². The van der Waals surface area contributed by atoms with Crippen molar-refractivity contribution in [2.45, 2.75) is 32.3 Å². The number of benzene rings is 1. The fourth-order valence-electron chi connectivity index (χ4n) is 2.83. The Bertz CT molecular complexity index is 563. The van der Waals surface area contributed by atoms with Crippen molar-refractivity contribution >= 4 is 27.8 Å². The molecule has 1 heterocycles. The Hall–Kier alpha value is -1.40. The summed E-state index contributed by atoms with van der Waals surface area (Å²) in [4.78, 5) is 25.4. The standard InChI is InChI=1S/C17H22BrNO4/c1-2-12(9-13-5-3-4-6-15(13)18)17(22)19-7-8-23-14(11-19)10-16(20)21/h3-6,12,14H,2,7-11H2,1H3,(H,20,21)/t12-,14-/m0/s1. The minimum Gasteiger partial charge on any atom is -0.481 e. The van der Waals surface area contributed by atoms with Crippen LogP contribution in [0.25, 0.3) is 0 Å². The highest BCUT2D eigenvalue weighted by Crippen LogP contribution is 2.23. The molecule has 6 heteroatoms. The molecule has 0 bridgehead atoms. The van der Waals surface area contributed by atoms with E-state index >= 15 is 0 Å². The number of carboxylic acid groups (broad SMARTS) is 1. The predicted octanol–water partition coefficient (Wildman–Crippen LogP) is 2.72. The predicted molar refractivity (Wildman–Crippen MR) is 90.2 cm³/mol. The van der Waals surface area contributed by atoms with Crippen LogP contribution in [-0.2, 0) is 20.7 Å². The molecule has 1 fully saturated rings. The van der Waals surface area contributed by atoms with E-state index < -0.39 is 12.1 Å². The van der Waals surface area contributed by atoms with Gasteiger partial charge in [0.15, 0.2) is 0 Å². The van der Waals surface area contributed by atoms with Gasteiger partial charge in [0.25, 0.3) is 0 Å². The van der Waals surface area contributed by atoms with Gasteiger partial charge in [-0.3, -0.25) is 9.59 Å². The van der Waals surface area contributed by atoms with E-state index in [4.69, 9.17) is 9.84 Å². The Balaban J connectivity index is 2.01. The molecule has 1 amide bonds. The topological polar surface area (TPSA) is 66.8 Å². The van der Waals surface area contributed by atoms with Gasteiger partial charge in [-0.25, -0.2) is 0 Å². The number of carbonyl (C=O) groups excluding carboxylic acids is 1. The van der Waals surface area contributed by atoms with E-state index in [1.165, 1.54) is 0 Å². The molecule has 1 aromatic rings. The van der Waals surface area contributed by atoms with Crippen molar-refractivity contribution in [3.05, 3.63) is 34.3 Å². The van der Waals surface area contributed by atoms with E-state index in [0.717, 1.165) is 16.5 Å². The maximum atomic E-state index is 12.8. The molecule has 0 aliphatic carbocycles. The number of morpholine rings is 1. The van der Waals surface area contributed by atoms with Gasteiger partial charge in [-0.05, 0) is 24.5 Å². The molecule has 0 unspecified atom stereocenters. The summed E-state index contributed by atoms with van der Waals surface area (Å²) >= 11 is 3.53. The van der Waals surface area contributed by atoms with Gasteiger partial charge in [0.05, 0.1) is 19.1 Å². The molecule has 0 radical (unpaired) electrons. The van der Waals surface area contributed by atoms with Gasteiger partial charge < -0.3 is 14.7 Å². The number of rotatable bonds is 6. The Morgan fingerprint density at radius 1 is 1.43 bits per heavy atom. The Morgan fingerprint density at radius 3 is 2.83 bits per heavy atom. The molecule has 126 valence electrons. The Morgan fingerprint density at radius 2 is 2.17 bits per heavy atom. The Kier molecular flexibility index (Phi) is 6.59. The SMILES string of the molecule is CC[C@@H](Cc1ccccc1Br)C(=O)N1CCO[C@@H](CC(=O)O)C1. The molecule has 1 N–H and O–H groups in total. The van der Waals surface area contributed by atoms with Gasteiger partial charge in [-0.2, -0.15) is 0 Å². The number of hydrogen-bond donors (Lipinski definition) is 1. The van der Waals surface area contributed by atoms with Crippen molar-refractivity contribution < 1.29 is 19.4 Å². The molecule has 0 spiro atoms. The summed E-state index contributed by atoms with van der Waals surface area (Å²) in [5.41, 5.74) is 1.11. The first-order chi connectivity index (χ1) is 11.0. The largest absolute Gasteiger partial charge is 0.481 e. The summed E-state index contributed by atoms with van der Waals surface area (Å²) in [6.45, 7) is 3.29. The second-order valence-corrected chi connectivity index (χ2v) is 6.63. The van der Waals surface area contributed by atoms with Crippen LogP contribution in [-0.4, -0.2) is 47.7 Å². The second-order valence-electron chi connectivity index (χ2n) is 5.78. The average molecular weight is 384 g/mol. The zero-order valence-electron chi connectivity index (χ0n) is 13.2. The van der Waals surface area contributed by atoms with Crippen LogP contribution < -0.4 is 0 Å². The summed E-state index contributed by atoms with van der Waals surface area (Å²) in [6, 6.07) is 7.92. The van der Waals surface area contributed by atoms with Gasteiger partial charge in [0, 0.05) is 23.5 Å². The monoisotopic (exact) mass is 383 g/mol. The maximum Gasteiger partial charge on any atom is 0.306 e. The highest BCUT2D eigenvalue weighted by molar-refractivity contribution is 9.10. The number of halogens is 1. The minimum absolute atomic E-state index is 0.0647. The molecule has 0 aromatic heterocycles. The number of aliphatic carboxylic acids is 1. The molecule has 0 saturated carbocycles. The number of nitrogens with zero attached hydrogens (tertiary/aromatic N) is 1. The maximum absolute atomic E-state index is 12.8. The molecule has 5 nitrogen and oxygen atoms in total. The highest BCUT2D eigenvalue weighted by atomic mass is 79.9. The lowest BCUT2D eigenvalue weighted by atomic mass is 9.95. The first-order valence-electron chi connectivity index (χ1n) is 7.86.